The molecule has 0 spiro atoms. The number of hydrogen-bond acceptors (Lipinski definition) is 0. The maximum absolute atomic E-state index is 13.4. The SMILES string of the molecule is Fc1ccc(-c2ccc[c]c2Br)c(F)c1. The standard InChI is InChI=1S/C12H6BrF2/c13-11-4-2-1-3-9(11)10-6-5-8(14)7-12(10)15/h1-3,5-7H. The summed E-state index contributed by atoms with van der Waals surface area (Å²) in [6.07, 6.45) is 0. The van der Waals surface area contributed by atoms with Gasteiger partial charge >= 0.3 is 0 Å². The molecular weight excluding hydrogens is 262 g/mol. The number of benzene rings is 2. The van der Waals surface area contributed by atoms with Crippen molar-refractivity contribution in [2.24, 2.45) is 0 Å². The first kappa shape index (κ1) is 10.3. The van der Waals surface area contributed by atoms with Gasteiger partial charge in [-0.15, -0.1) is 0 Å². The molecule has 0 unspecified atom stereocenters. The molecule has 0 bridgehead atoms. The second-order valence-corrected chi connectivity index (χ2v) is 3.81. The Labute approximate surface area is 94.7 Å². The quantitative estimate of drug-likeness (QED) is 0.727. The van der Waals surface area contributed by atoms with E-state index in [2.05, 4.69) is 22.0 Å². The average molecular weight is 268 g/mol. The first-order valence-corrected chi connectivity index (χ1v) is 5.09. The first-order valence-electron chi connectivity index (χ1n) is 4.30. The monoisotopic (exact) mass is 267 g/mol. The molecule has 1 radical (unpaired) electrons. The van der Waals surface area contributed by atoms with Gasteiger partial charge in [0.15, 0.2) is 0 Å². The molecule has 0 aromatic heterocycles. The van der Waals surface area contributed by atoms with Gasteiger partial charge in [0.2, 0.25) is 0 Å². The minimum Gasteiger partial charge on any atom is -0.207 e. The number of hydrogen-bond donors (Lipinski definition) is 0. The third-order valence-corrected chi connectivity index (χ3v) is 2.68. The highest BCUT2D eigenvalue weighted by Gasteiger charge is 2.08. The third kappa shape index (κ3) is 2.07. The van der Waals surface area contributed by atoms with Crippen LogP contribution in [0.15, 0.2) is 40.9 Å². The molecule has 15 heavy (non-hydrogen) atoms. The fourth-order valence-corrected chi connectivity index (χ4v) is 1.81. The molecule has 2 aromatic carbocycles. The van der Waals surface area contributed by atoms with Crippen molar-refractivity contribution in [3.8, 4) is 11.1 Å². The summed E-state index contributed by atoms with van der Waals surface area (Å²) in [6.45, 7) is 0. The van der Waals surface area contributed by atoms with E-state index in [1.807, 2.05) is 0 Å². The zero-order valence-corrected chi connectivity index (χ0v) is 9.18. The van der Waals surface area contributed by atoms with Gasteiger partial charge in [0.1, 0.15) is 11.6 Å². The lowest BCUT2D eigenvalue weighted by Gasteiger charge is -2.05. The van der Waals surface area contributed by atoms with E-state index in [4.69, 9.17) is 0 Å². The van der Waals surface area contributed by atoms with E-state index in [0.717, 1.165) is 6.07 Å². The van der Waals surface area contributed by atoms with Crippen LogP contribution in [-0.2, 0) is 0 Å². The Kier molecular flexibility index (Phi) is 2.82. The van der Waals surface area contributed by atoms with Crippen LogP contribution in [0.3, 0.4) is 0 Å². The molecule has 0 amide bonds. The van der Waals surface area contributed by atoms with E-state index >= 15 is 0 Å². The van der Waals surface area contributed by atoms with Gasteiger partial charge in [-0.05, 0) is 39.7 Å². The minimum absolute atomic E-state index is 0.361. The van der Waals surface area contributed by atoms with Crippen LogP contribution < -0.4 is 0 Å². The number of halogens is 3. The largest absolute Gasteiger partial charge is 0.207 e. The molecule has 0 N–H and O–H groups in total. The van der Waals surface area contributed by atoms with Crippen LogP contribution in [-0.4, -0.2) is 0 Å². The van der Waals surface area contributed by atoms with Gasteiger partial charge in [0, 0.05) is 16.1 Å². The van der Waals surface area contributed by atoms with Crippen molar-refractivity contribution in [1.82, 2.24) is 0 Å². The predicted octanol–water partition coefficient (Wildman–Crippen LogP) is 4.19. The Morgan fingerprint density at radius 2 is 1.87 bits per heavy atom. The first-order chi connectivity index (χ1) is 7.18. The van der Waals surface area contributed by atoms with Crippen LogP contribution in [0.25, 0.3) is 11.1 Å². The van der Waals surface area contributed by atoms with Crippen molar-refractivity contribution < 1.29 is 8.78 Å². The van der Waals surface area contributed by atoms with Crippen LogP contribution in [0.4, 0.5) is 8.78 Å². The smallest absolute Gasteiger partial charge is 0.133 e. The lowest BCUT2D eigenvalue weighted by molar-refractivity contribution is 0.585. The molecule has 0 aliphatic heterocycles. The van der Waals surface area contributed by atoms with Crippen molar-refractivity contribution in [2.75, 3.05) is 0 Å². The molecule has 0 fully saturated rings. The fraction of sp³-hybridized carbons (Fsp3) is 0. The molecule has 2 rings (SSSR count). The highest BCUT2D eigenvalue weighted by atomic mass is 79.9. The average Bonchev–Trinajstić information content (AvgIpc) is 2.20. The van der Waals surface area contributed by atoms with Gasteiger partial charge in [0.25, 0.3) is 0 Å². The van der Waals surface area contributed by atoms with E-state index in [1.54, 1.807) is 18.2 Å². The van der Waals surface area contributed by atoms with E-state index < -0.39 is 11.6 Å². The molecule has 0 saturated heterocycles. The predicted molar refractivity (Wildman–Crippen MR) is 58.3 cm³/mol. The summed E-state index contributed by atoms with van der Waals surface area (Å²) >= 11 is 3.27. The summed E-state index contributed by atoms with van der Waals surface area (Å²) in [7, 11) is 0. The molecule has 0 aliphatic carbocycles. The highest BCUT2D eigenvalue weighted by Crippen LogP contribution is 2.29. The lowest BCUT2D eigenvalue weighted by atomic mass is 10.1. The minimum atomic E-state index is -0.577. The molecule has 75 valence electrons. The van der Waals surface area contributed by atoms with Crippen LogP contribution in [0.5, 0.6) is 0 Å². The van der Waals surface area contributed by atoms with Crippen molar-refractivity contribution in [3.63, 3.8) is 0 Å². The van der Waals surface area contributed by atoms with Gasteiger partial charge in [-0.25, -0.2) is 8.78 Å². The topological polar surface area (TPSA) is 0 Å². The Balaban J connectivity index is 2.60. The zero-order valence-electron chi connectivity index (χ0n) is 7.60. The molecular formula is C12H6BrF2. The van der Waals surface area contributed by atoms with Crippen LogP contribution in [0.2, 0.25) is 0 Å². The highest BCUT2D eigenvalue weighted by molar-refractivity contribution is 9.10. The van der Waals surface area contributed by atoms with E-state index in [9.17, 15) is 8.78 Å². The van der Waals surface area contributed by atoms with Gasteiger partial charge in [-0.1, -0.05) is 18.2 Å². The van der Waals surface area contributed by atoms with Crippen molar-refractivity contribution in [3.05, 3.63) is 58.6 Å². The van der Waals surface area contributed by atoms with Crippen molar-refractivity contribution in [1.29, 1.82) is 0 Å². The number of rotatable bonds is 1. The fourth-order valence-electron chi connectivity index (χ4n) is 1.33. The van der Waals surface area contributed by atoms with E-state index in [1.165, 1.54) is 12.1 Å². The van der Waals surface area contributed by atoms with Crippen LogP contribution >= 0.6 is 15.9 Å². The summed E-state index contributed by atoms with van der Waals surface area (Å²) in [5.41, 5.74) is 1.02. The second-order valence-electron chi connectivity index (χ2n) is 3.02. The Hall–Kier alpha value is -1.22. The second kappa shape index (κ2) is 4.11. The van der Waals surface area contributed by atoms with Gasteiger partial charge in [-0.2, -0.15) is 0 Å². The van der Waals surface area contributed by atoms with Gasteiger partial charge in [0.05, 0.1) is 0 Å². The maximum atomic E-state index is 13.4. The van der Waals surface area contributed by atoms with Gasteiger partial charge in [-0.3, -0.25) is 0 Å². The molecule has 0 nitrogen and oxygen atoms in total. The molecule has 0 aliphatic rings. The van der Waals surface area contributed by atoms with Gasteiger partial charge < -0.3 is 0 Å². The Morgan fingerprint density at radius 3 is 2.53 bits per heavy atom. The molecule has 0 heterocycles. The maximum Gasteiger partial charge on any atom is 0.133 e. The van der Waals surface area contributed by atoms with Crippen molar-refractivity contribution in [2.45, 2.75) is 0 Å². The lowest BCUT2D eigenvalue weighted by Crippen LogP contribution is -1.87. The van der Waals surface area contributed by atoms with E-state index in [-0.39, 0.29) is 0 Å². The molecule has 3 heteroatoms. The summed E-state index contributed by atoms with van der Waals surface area (Å²) in [4.78, 5) is 0. The van der Waals surface area contributed by atoms with Crippen molar-refractivity contribution >= 4 is 15.9 Å². The Bertz CT molecular complexity index is 495. The van der Waals surface area contributed by atoms with Crippen LogP contribution in [0.1, 0.15) is 0 Å². The summed E-state index contributed by atoms with van der Waals surface area (Å²) in [5, 5.41) is 0. The Morgan fingerprint density at radius 1 is 1.07 bits per heavy atom. The third-order valence-electron chi connectivity index (χ3n) is 2.03. The normalized spacial score (nSPS) is 10.3. The summed E-state index contributed by atoms with van der Waals surface area (Å²) < 4.78 is 26.8. The molecule has 0 atom stereocenters. The van der Waals surface area contributed by atoms with E-state index in [0.29, 0.717) is 15.6 Å². The summed E-state index contributed by atoms with van der Waals surface area (Å²) in [6, 6.07) is 11.6. The molecule has 2 aromatic rings. The van der Waals surface area contributed by atoms with Crippen LogP contribution in [0, 0.1) is 17.7 Å². The zero-order chi connectivity index (χ0) is 10.8. The summed E-state index contributed by atoms with van der Waals surface area (Å²) in [5.74, 6) is -1.15. The molecule has 0 saturated carbocycles.